The van der Waals surface area contributed by atoms with Gasteiger partial charge >= 0.3 is 11.9 Å². The van der Waals surface area contributed by atoms with Crippen molar-refractivity contribution in [1.29, 1.82) is 0 Å². The highest BCUT2D eigenvalue weighted by Crippen LogP contribution is 2.38. The molecule has 12 heteroatoms. The number of carbonyl (C=O) groups is 4. The molecule has 0 atom stereocenters. The second-order valence-corrected chi connectivity index (χ2v) is 11.3. The molecule has 0 aliphatic carbocycles. The summed E-state index contributed by atoms with van der Waals surface area (Å²) in [4.78, 5) is 50.8. The van der Waals surface area contributed by atoms with E-state index >= 15 is 0 Å². The maximum absolute atomic E-state index is 12.6. The van der Waals surface area contributed by atoms with Crippen LogP contribution in [0.2, 0.25) is 0 Å². The predicted molar refractivity (Wildman–Crippen MR) is 167 cm³/mol. The van der Waals surface area contributed by atoms with Gasteiger partial charge in [0.05, 0.1) is 58.4 Å². The number of amides is 1. The molecule has 0 spiro atoms. The lowest BCUT2D eigenvalue weighted by Gasteiger charge is -2.14. The summed E-state index contributed by atoms with van der Waals surface area (Å²) in [5.74, 6) is 1.28. The normalized spacial score (nSPS) is 12.0. The third kappa shape index (κ3) is 8.87. The van der Waals surface area contributed by atoms with Crippen LogP contribution in [0.1, 0.15) is 66.8 Å². The van der Waals surface area contributed by atoms with Gasteiger partial charge in [-0.15, -0.1) is 11.3 Å². The van der Waals surface area contributed by atoms with Gasteiger partial charge in [-0.2, -0.15) is 0 Å². The van der Waals surface area contributed by atoms with Crippen molar-refractivity contribution < 1.29 is 47.6 Å². The van der Waals surface area contributed by atoms with Gasteiger partial charge in [0.15, 0.2) is 28.8 Å². The van der Waals surface area contributed by atoms with E-state index < -0.39 is 0 Å². The Balaban J connectivity index is 1.30. The molecule has 0 fully saturated rings. The Morgan fingerprint density at radius 1 is 0.711 bits per heavy atom. The molecule has 0 N–H and O–H groups in total. The fraction of sp³-hybridized carbons (Fsp3) is 0.455. The van der Waals surface area contributed by atoms with Crippen LogP contribution in [-0.4, -0.2) is 69.2 Å². The lowest BCUT2D eigenvalue weighted by Crippen LogP contribution is -2.25. The lowest BCUT2D eigenvalue weighted by atomic mass is 10.1. The average Bonchev–Trinajstić information content (AvgIpc) is 3.65. The van der Waals surface area contributed by atoms with E-state index in [9.17, 15) is 19.2 Å². The van der Waals surface area contributed by atoms with E-state index in [4.69, 9.17) is 28.4 Å². The number of ether oxygens (including phenoxy) is 6. The van der Waals surface area contributed by atoms with Gasteiger partial charge in [0.2, 0.25) is 5.91 Å². The zero-order valence-corrected chi connectivity index (χ0v) is 26.9. The highest BCUT2D eigenvalue weighted by molar-refractivity contribution is 7.20. The summed E-state index contributed by atoms with van der Waals surface area (Å²) in [5.41, 5.74) is 1.95. The van der Waals surface area contributed by atoms with Gasteiger partial charge in [-0.1, -0.05) is 0 Å². The molecular formula is C33H39NO10S. The third-order valence-corrected chi connectivity index (χ3v) is 8.29. The van der Waals surface area contributed by atoms with Gasteiger partial charge in [0.25, 0.3) is 0 Å². The van der Waals surface area contributed by atoms with Crippen LogP contribution in [0.3, 0.4) is 0 Å². The minimum atomic E-state index is -0.384. The van der Waals surface area contributed by atoms with E-state index in [1.54, 1.807) is 39.0 Å². The molecule has 3 aromatic rings. The minimum Gasteiger partial charge on any atom is -0.493 e. The summed E-state index contributed by atoms with van der Waals surface area (Å²) >= 11 is 1.35. The SMILES string of the molecule is CCOC(=O)CCC(=O)c1cc2cc(OCCCOc3cc4c(cc3OC)CN(C(=O)CCC(=O)OCC)C4)c(OC)cc2s1. The Labute approximate surface area is 266 Å². The predicted octanol–water partition coefficient (Wildman–Crippen LogP) is 5.48. The maximum Gasteiger partial charge on any atom is 0.306 e. The summed E-state index contributed by atoms with van der Waals surface area (Å²) < 4.78 is 33.8. The zero-order chi connectivity index (χ0) is 32.3. The van der Waals surface area contributed by atoms with Crippen molar-refractivity contribution in [3.05, 3.63) is 46.3 Å². The number of hydrogen-bond donors (Lipinski definition) is 0. The van der Waals surface area contributed by atoms with Gasteiger partial charge in [0, 0.05) is 43.1 Å². The Bertz CT molecular complexity index is 1530. The van der Waals surface area contributed by atoms with Crippen LogP contribution in [0.25, 0.3) is 10.1 Å². The van der Waals surface area contributed by atoms with Crippen molar-refractivity contribution >= 4 is 45.1 Å². The van der Waals surface area contributed by atoms with Crippen LogP contribution < -0.4 is 18.9 Å². The molecule has 242 valence electrons. The molecule has 0 bridgehead atoms. The Hall–Kier alpha value is -4.32. The maximum atomic E-state index is 12.6. The van der Waals surface area contributed by atoms with Crippen LogP contribution in [-0.2, 0) is 36.9 Å². The molecule has 0 saturated heterocycles. The van der Waals surface area contributed by atoms with E-state index in [1.165, 1.54) is 11.3 Å². The molecule has 1 amide bonds. The largest absolute Gasteiger partial charge is 0.493 e. The number of ketones is 1. The van der Waals surface area contributed by atoms with Crippen molar-refractivity contribution in [2.24, 2.45) is 0 Å². The van der Waals surface area contributed by atoms with E-state index in [-0.39, 0.29) is 55.9 Å². The number of Topliss-reactive ketones (excluding diaryl/α,β-unsaturated/α-hetero) is 1. The number of carbonyl (C=O) groups excluding carboxylic acids is 4. The highest BCUT2D eigenvalue weighted by Gasteiger charge is 2.26. The van der Waals surface area contributed by atoms with Gasteiger partial charge in [-0.05, 0) is 54.6 Å². The Morgan fingerprint density at radius 2 is 1.27 bits per heavy atom. The minimum absolute atomic E-state index is 0.0503. The lowest BCUT2D eigenvalue weighted by molar-refractivity contribution is -0.145. The standard InChI is InChI=1S/C33H39NO10S/c1-5-41-32(37)10-8-24(35)30-17-21-14-27(26(40-4)18-29(21)45-30)43-12-7-13-44-28-16-23-20-34(19-22(23)15-25(28)39-3)31(36)9-11-33(38)42-6-2/h14-18H,5-13,19-20H2,1-4H3. The smallest absolute Gasteiger partial charge is 0.306 e. The molecule has 0 radical (unpaired) electrons. The molecule has 1 aliphatic heterocycles. The number of hydrogen-bond acceptors (Lipinski definition) is 11. The van der Waals surface area contributed by atoms with Crippen LogP contribution in [0.15, 0.2) is 30.3 Å². The highest BCUT2D eigenvalue weighted by atomic mass is 32.1. The summed E-state index contributed by atoms with van der Waals surface area (Å²) in [6.45, 7) is 5.64. The number of esters is 2. The Kier molecular flexibility index (Phi) is 12.0. The first-order valence-electron chi connectivity index (χ1n) is 14.9. The van der Waals surface area contributed by atoms with Crippen molar-refractivity contribution in [1.82, 2.24) is 4.90 Å². The van der Waals surface area contributed by atoms with E-state index in [0.717, 1.165) is 21.2 Å². The molecule has 45 heavy (non-hydrogen) atoms. The third-order valence-electron chi connectivity index (χ3n) is 7.15. The number of fused-ring (bicyclic) bond motifs is 2. The molecule has 2 aromatic carbocycles. The monoisotopic (exact) mass is 641 g/mol. The number of benzene rings is 2. The second-order valence-electron chi connectivity index (χ2n) is 10.3. The molecule has 1 aromatic heterocycles. The van der Waals surface area contributed by atoms with Crippen LogP contribution in [0, 0.1) is 0 Å². The average molecular weight is 642 g/mol. The molecule has 2 heterocycles. The first-order chi connectivity index (χ1) is 21.8. The van der Waals surface area contributed by atoms with Crippen LogP contribution in [0.4, 0.5) is 0 Å². The van der Waals surface area contributed by atoms with E-state index in [2.05, 4.69) is 0 Å². The van der Waals surface area contributed by atoms with Gasteiger partial charge in [0.1, 0.15) is 0 Å². The molecule has 1 aliphatic rings. The fourth-order valence-corrected chi connectivity index (χ4v) is 5.95. The quantitative estimate of drug-likeness (QED) is 0.106. The van der Waals surface area contributed by atoms with Gasteiger partial charge in [-0.3, -0.25) is 19.2 Å². The van der Waals surface area contributed by atoms with Crippen molar-refractivity contribution in [3.8, 4) is 23.0 Å². The number of rotatable bonds is 17. The Morgan fingerprint density at radius 3 is 1.87 bits per heavy atom. The molecule has 0 saturated carbocycles. The molecular weight excluding hydrogens is 602 g/mol. The van der Waals surface area contributed by atoms with Crippen molar-refractivity contribution in [2.75, 3.05) is 40.6 Å². The first-order valence-corrected chi connectivity index (χ1v) is 15.8. The zero-order valence-electron chi connectivity index (χ0n) is 26.1. The molecule has 0 unspecified atom stereocenters. The van der Waals surface area contributed by atoms with Gasteiger partial charge in [-0.25, -0.2) is 0 Å². The molecule has 11 nitrogen and oxygen atoms in total. The van der Waals surface area contributed by atoms with E-state index in [0.29, 0.717) is 67.2 Å². The van der Waals surface area contributed by atoms with E-state index in [1.807, 2.05) is 24.3 Å². The van der Waals surface area contributed by atoms with Crippen LogP contribution in [0.5, 0.6) is 23.0 Å². The second kappa shape index (κ2) is 16.1. The summed E-state index contributed by atoms with van der Waals surface area (Å²) in [7, 11) is 3.13. The topological polar surface area (TPSA) is 127 Å². The van der Waals surface area contributed by atoms with Crippen molar-refractivity contribution in [2.45, 2.75) is 59.0 Å². The molecule has 4 rings (SSSR count). The summed E-state index contributed by atoms with van der Waals surface area (Å²) in [6, 6.07) is 9.27. The fourth-order valence-electron chi connectivity index (χ4n) is 4.91. The summed E-state index contributed by atoms with van der Waals surface area (Å²) in [6.07, 6.45) is 0.879. The number of nitrogens with zero attached hydrogens (tertiary/aromatic N) is 1. The summed E-state index contributed by atoms with van der Waals surface area (Å²) in [5, 5.41) is 0.850. The number of methoxy groups -OCH3 is 2. The van der Waals surface area contributed by atoms with Crippen molar-refractivity contribution in [3.63, 3.8) is 0 Å². The first kappa shape index (κ1) is 33.6. The van der Waals surface area contributed by atoms with Gasteiger partial charge < -0.3 is 33.3 Å². The number of thiophene rings is 1. The van der Waals surface area contributed by atoms with Crippen LogP contribution >= 0.6 is 11.3 Å².